The molecule has 0 fully saturated rings. The molecule has 5 heteroatoms. The van der Waals surface area contributed by atoms with Gasteiger partial charge in [0.25, 0.3) is 0 Å². The highest BCUT2D eigenvalue weighted by Gasteiger charge is 2.25. The minimum Gasteiger partial charge on any atom is -0.306 e. The normalized spacial score (nSPS) is 19.8. The molecule has 1 unspecified atom stereocenters. The lowest BCUT2D eigenvalue weighted by molar-refractivity contribution is 0.576. The van der Waals surface area contributed by atoms with Crippen LogP contribution in [0, 0.1) is 0 Å². The summed E-state index contributed by atoms with van der Waals surface area (Å²) >= 11 is 15.5. The van der Waals surface area contributed by atoms with Gasteiger partial charge in [-0.05, 0) is 29.5 Å². The smallest absolute Gasteiger partial charge is 0.0995 e. The lowest BCUT2D eigenvalue weighted by Crippen LogP contribution is -2.29. The quantitative estimate of drug-likeness (QED) is 0.823. The number of thiophene rings is 2. The zero-order valence-corrected chi connectivity index (χ0v) is 11.4. The molecular weight excluding hydrogens is 281 g/mol. The highest BCUT2D eigenvalue weighted by Crippen LogP contribution is 2.40. The molecule has 0 radical (unpaired) electrons. The predicted molar refractivity (Wildman–Crippen MR) is 72.2 cm³/mol. The van der Waals surface area contributed by atoms with Gasteiger partial charge in [0.05, 0.1) is 14.7 Å². The van der Waals surface area contributed by atoms with E-state index in [4.69, 9.17) is 23.2 Å². The molecule has 3 rings (SSSR count). The molecule has 1 nitrogen and oxygen atoms in total. The van der Waals surface area contributed by atoms with E-state index < -0.39 is 0 Å². The van der Waals surface area contributed by atoms with E-state index in [9.17, 15) is 0 Å². The molecule has 1 aliphatic rings. The van der Waals surface area contributed by atoms with E-state index in [0.717, 1.165) is 27.2 Å². The third kappa shape index (κ3) is 1.81. The molecule has 0 spiro atoms. The molecule has 0 bridgehead atoms. The Morgan fingerprint density at radius 1 is 1.31 bits per heavy atom. The second-order valence-corrected chi connectivity index (χ2v) is 7.00. The fourth-order valence-electron chi connectivity index (χ4n) is 2.08. The Morgan fingerprint density at radius 2 is 2.19 bits per heavy atom. The Hall–Kier alpha value is -0.0600. The molecule has 16 heavy (non-hydrogen) atoms. The Bertz CT molecular complexity index is 518. The maximum Gasteiger partial charge on any atom is 0.0995 e. The molecule has 1 atom stereocenters. The first-order valence-corrected chi connectivity index (χ1v) is 7.45. The van der Waals surface area contributed by atoms with Gasteiger partial charge in [-0.2, -0.15) is 0 Å². The summed E-state index contributed by atoms with van der Waals surface area (Å²) in [5, 5.41) is 5.65. The van der Waals surface area contributed by atoms with Gasteiger partial charge in [-0.1, -0.05) is 23.2 Å². The van der Waals surface area contributed by atoms with Crippen molar-refractivity contribution in [2.45, 2.75) is 12.5 Å². The van der Waals surface area contributed by atoms with Crippen molar-refractivity contribution in [3.05, 3.63) is 42.2 Å². The maximum absolute atomic E-state index is 6.21. The second-order valence-electron chi connectivity index (χ2n) is 3.72. The number of halogens is 2. The zero-order valence-electron chi connectivity index (χ0n) is 8.30. The maximum atomic E-state index is 6.21. The van der Waals surface area contributed by atoms with Crippen LogP contribution in [-0.2, 0) is 6.42 Å². The summed E-state index contributed by atoms with van der Waals surface area (Å²) in [4.78, 5) is 1.46. The molecule has 3 heterocycles. The summed E-state index contributed by atoms with van der Waals surface area (Å²) in [7, 11) is 0. The summed E-state index contributed by atoms with van der Waals surface area (Å²) in [6.07, 6.45) is 1.11. The van der Waals surface area contributed by atoms with Gasteiger partial charge in [-0.25, -0.2) is 0 Å². The van der Waals surface area contributed by atoms with Gasteiger partial charge in [-0.15, -0.1) is 22.7 Å². The van der Waals surface area contributed by atoms with Gasteiger partial charge in [0.1, 0.15) is 0 Å². The monoisotopic (exact) mass is 289 g/mol. The van der Waals surface area contributed by atoms with Gasteiger partial charge < -0.3 is 5.32 Å². The van der Waals surface area contributed by atoms with E-state index in [1.54, 1.807) is 0 Å². The molecule has 0 saturated carbocycles. The molecule has 0 amide bonds. The van der Waals surface area contributed by atoms with Gasteiger partial charge in [0.15, 0.2) is 0 Å². The number of rotatable bonds is 1. The van der Waals surface area contributed by atoms with Crippen LogP contribution in [0.1, 0.15) is 22.0 Å². The van der Waals surface area contributed by atoms with Crippen LogP contribution >= 0.6 is 45.9 Å². The van der Waals surface area contributed by atoms with E-state index >= 15 is 0 Å². The first-order chi connectivity index (χ1) is 7.75. The number of fused-ring (bicyclic) bond motifs is 1. The topological polar surface area (TPSA) is 12.0 Å². The predicted octanol–water partition coefficient (Wildman–Crippen LogP) is 4.35. The fraction of sp³-hybridized carbons (Fsp3) is 0.273. The van der Waals surface area contributed by atoms with Crippen LogP contribution in [0.4, 0.5) is 0 Å². The Balaban J connectivity index is 2.07. The first kappa shape index (κ1) is 11.1. The van der Waals surface area contributed by atoms with Crippen molar-refractivity contribution >= 4 is 45.9 Å². The van der Waals surface area contributed by atoms with E-state index in [1.165, 1.54) is 21.8 Å². The number of nitrogens with one attached hydrogen (secondary N) is 1. The first-order valence-electron chi connectivity index (χ1n) is 5.00. The third-order valence-corrected chi connectivity index (χ3v) is 5.30. The summed E-state index contributed by atoms with van der Waals surface area (Å²) in [5.41, 5.74) is 2.46. The molecule has 84 valence electrons. The molecule has 0 aromatic carbocycles. The van der Waals surface area contributed by atoms with Crippen LogP contribution in [0.5, 0.6) is 0 Å². The minimum absolute atomic E-state index is 0.214. The SMILES string of the molecule is Clc1cc(C2NCCc3sccc32)c(Cl)s1. The van der Waals surface area contributed by atoms with Crippen molar-refractivity contribution in [3.63, 3.8) is 0 Å². The van der Waals surface area contributed by atoms with Gasteiger partial charge in [0, 0.05) is 17.0 Å². The van der Waals surface area contributed by atoms with Gasteiger partial charge in [-0.3, -0.25) is 0 Å². The van der Waals surface area contributed by atoms with Crippen LogP contribution in [0.3, 0.4) is 0 Å². The van der Waals surface area contributed by atoms with E-state index in [2.05, 4.69) is 16.8 Å². The second kappa shape index (κ2) is 4.31. The summed E-state index contributed by atoms with van der Waals surface area (Å²) < 4.78 is 1.55. The highest BCUT2D eigenvalue weighted by atomic mass is 35.5. The van der Waals surface area contributed by atoms with E-state index in [1.807, 2.05) is 17.4 Å². The summed E-state index contributed by atoms with van der Waals surface area (Å²) in [6, 6.07) is 4.36. The average molecular weight is 290 g/mol. The standard InChI is InChI=1S/C11H9Cl2NS2/c12-9-5-7(11(13)16-9)10-6-2-4-15-8(6)1-3-14-10/h2,4-5,10,14H,1,3H2. The molecule has 0 aliphatic carbocycles. The molecule has 1 N–H and O–H groups in total. The van der Waals surface area contributed by atoms with Crippen molar-refractivity contribution in [3.8, 4) is 0 Å². The highest BCUT2D eigenvalue weighted by molar-refractivity contribution is 7.20. The Morgan fingerprint density at radius 3 is 2.94 bits per heavy atom. The molecule has 2 aromatic heterocycles. The lowest BCUT2D eigenvalue weighted by atomic mass is 9.98. The number of hydrogen-bond donors (Lipinski definition) is 1. The molecule has 0 saturated heterocycles. The molecular formula is C11H9Cl2NS2. The molecule has 1 aliphatic heterocycles. The summed E-state index contributed by atoms with van der Waals surface area (Å²) in [5.74, 6) is 0. The zero-order chi connectivity index (χ0) is 11.1. The fourth-order valence-corrected chi connectivity index (χ4v) is 4.53. The summed E-state index contributed by atoms with van der Waals surface area (Å²) in [6.45, 7) is 1.00. The van der Waals surface area contributed by atoms with Crippen molar-refractivity contribution in [1.82, 2.24) is 5.32 Å². The Kier molecular flexibility index (Phi) is 2.98. The van der Waals surface area contributed by atoms with Crippen LogP contribution in [-0.4, -0.2) is 6.54 Å². The van der Waals surface area contributed by atoms with E-state index in [0.29, 0.717) is 0 Å². The minimum atomic E-state index is 0.214. The van der Waals surface area contributed by atoms with Crippen LogP contribution in [0.2, 0.25) is 8.67 Å². The Labute approximate surface area is 112 Å². The third-order valence-electron chi connectivity index (χ3n) is 2.79. The van der Waals surface area contributed by atoms with E-state index in [-0.39, 0.29) is 6.04 Å². The van der Waals surface area contributed by atoms with Crippen molar-refractivity contribution in [1.29, 1.82) is 0 Å². The van der Waals surface area contributed by atoms with Gasteiger partial charge >= 0.3 is 0 Å². The van der Waals surface area contributed by atoms with Crippen LogP contribution in [0.15, 0.2) is 17.5 Å². The van der Waals surface area contributed by atoms with Crippen LogP contribution < -0.4 is 5.32 Å². The van der Waals surface area contributed by atoms with Crippen molar-refractivity contribution < 1.29 is 0 Å². The molecule has 2 aromatic rings. The van der Waals surface area contributed by atoms with Crippen molar-refractivity contribution in [2.24, 2.45) is 0 Å². The number of hydrogen-bond acceptors (Lipinski definition) is 3. The van der Waals surface area contributed by atoms with Crippen LogP contribution in [0.25, 0.3) is 0 Å². The van der Waals surface area contributed by atoms with Crippen molar-refractivity contribution in [2.75, 3.05) is 6.54 Å². The largest absolute Gasteiger partial charge is 0.306 e. The lowest BCUT2D eigenvalue weighted by Gasteiger charge is -2.24. The van der Waals surface area contributed by atoms with Gasteiger partial charge in [0.2, 0.25) is 0 Å². The average Bonchev–Trinajstić information content (AvgIpc) is 2.84.